The van der Waals surface area contributed by atoms with Crippen molar-refractivity contribution in [3.8, 4) is 0 Å². The minimum atomic E-state index is -1.63. The fourth-order valence-corrected chi connectivity index (χ4v) is 8.23. The number of esters is 1. The summed E-state index contributed by atoms with van der Waals surface area (Å²) in [6.45, 7) is 3.61. The summed E-state index contributed by atoms with van der Waals surface area (Å²) in [4.78, 5) is 71.4. The maximum atomic E-state index is 13.3. The van der Waals surface area contributed by atoms with E-state index in [0.29, 0.717) is 31.1 Å². The summed E-state index contributed by atoms with van der Waals surface area (Å²) < 4.78 is 5.10. The topological polar surface area (TPSA) is 184 Å². The van der Waals surface area contributed by atoms with Gasteiger partial charge in [-0.3, -0.25) is 24.0 Å². The average Bonchev–Trinajstić information content (AvgIpc) is 3.17. The third-order valence-electron chi connectivity index (χ3n) is 10.5. The van der Waals surface area contributed by atoms with Gasteiger partial charge in [0.2, 0.25) is 11.7 Å². The van der Waals surface area contributed by atoms with Crippen molar-refractivity contribution >= 4 is 35.4 Å². The SMILES string of the molecule is C[C@]12CCC(=O)C=C1CC[C@H]1[C@H]2CC[C@@]2(C)[C@H]1CC[C@]2(O)C(=O)COC(=O)CCC(=O)N[C@@H](CC(=O)O)C(=O)O. The van der Waals surface area contributed by atoms with E-state index in [1.165, 1.54) is 5.57 Å². The van der Waals surface area contributed by atoms with Crippen LogP contribution in [0.5, 0.6) is 0 Å². The quantitative estimate of drug-likeness (QED) is 0.288. The molecule has 0 saturated heterocycles. The highest BCUT2D eigenvalue weighted by Crippen LogP contribution is 2.67. The third-order valence-corrected chi connectivity index (χ3v) is 10.5. The van der Waals surface area contributed by atoms with Gasteiger partial charge < -0.3 is 25.4 Å². The fourth-order valence-electron chi connectivity index (χ4n) is 8.23. The van der Waals surface area contributed by atoms with Crippen LogP contribution in [0.2, 0.25) is 0 Å². The molecule has 4 aliphatic rings. The molecule has 40 heavy (non-hydrogen) atoms. The van der Waals surface area contributed by atoms with E-state index in [1.807, 2.05) is 18.3 Å². The van der Waals surface area contributed by atoms with Crippen molar-refractivity contribution in [3.63, 3.8) is 0 Å². The molecule has 4 N–H and O–H groups in total. The Morgan fingerprint density at radius 3 is 2.38 bits per heavy atom. The van der Waals surface area contributed by atoms with E-state index in [9.17, 15) is 33.9 Å². The Bertz CT molecular complexity index is 1150. The second-order valence-electron chi connectivity index (χ2n) is 12.5. The summed E-state index contributed by atoms with van der Waals surface area (Å²) >= 11 is 0. The largest absolute Gasteiger partial charge is 0.481 e. The minimum Gasteiger partial charge on any atom is -0.481 e. The van der Waals surface area contributed by atoms with E-state index in [1.54, 1.807) is 0 Å². The highest BCUT2D eigenvalue weighted by molar-refractivity contribution is 5.92. The van der Waals surface area contributed by atoms with Crippen molar-refractivity contribution in [2.24, 2.45) is 28.6 Å². The lowest BCUT2D eigenvalue weighted by molar-refractivity contribution is -0.170. The smallest absolute Gasteiger partial charge is 0.326 e. The highest BCUT2D eigenvalue weighted by Gasteiger charge is 2.66. The summed E-state index contributed by atoms with van der Waals surface area (Å²) in [6, 6.07) is -1.63. The first-order valence-corrected chi connectivity index (χ1v) is 14.1. The van der Waals surface area contributed by atoms with Crippen LogP contribution in [-0.2, 0) is 33.5 Å². The Morgan fingerprint density at radius 2 is 1.70 bits per heavy atom. The molecule has 0 aromatic carbocycles. The number of hydrogen-bond donors (Lipinski definition) is 4. The van der Waals surface area contributed by atoms with Gasteiger partial charge in [0.1, 0.15) is 11.6 Å². The van der Waals surface area contributed by atoms with Crippen molar-refractivity contribution in [3.05, 3.63) is 11.6 Å². The Balaban J connectivity index is 1.33. The molecule has 11 nitrogen and oxygen atoms in total. The number of fused-ring (bicyclic) bond motifs is 5. The molecule has 3 saturated carbocycles. The van der Waals surface area contributed by atoms with E-state index < -0.39 is 72.5 Å². The molecule has 4 aliphatic carbocycles. The molecular weight excluding hydrogens is 522 g/mol. The highest BCUT2D eigenvalue weighted by atomic mass is 16.5. The fraction of sp³-hybridized carbons (Fsp3) is 0.724. The molecule has 3 fully saturated rings. The van der Waals surface area contributed by atoms with E-state index in [4.69, 9.17) is 14.9 Å². The molecule has 0 unspecified atom stereocenters. The number of rotatable bonds is 10. The number of amides is 1. The number of ketones is 2. The number of carboxylic acid groups (broad SMARTS) is 2. The molecule has 1 amide bonds. The molecule has 0 aromatic heterocycles. The number of nitrogens with one attached hydrogen (secondary N) is 1. The van der Waals surface area contributed by atoms with Crippen LogP contribution in [0, 0.1) is 28.6 Å². The predicted molar refractivity (Wildman–Crippen MR) is 139 cm³/mol. The number of hydrogen-bond acceptors (Lipinski definition) is 8. The lowest BCUT2D eigenvalue weighted by Crippen LogP contribution is -2.58. The molecular formula is C29H39NO10. The number of Topliss-reactive ketones (excluding diaryl/α,β-unsaturated/α-hetero) is 1. The monoisotopic (exact) mass is 561 g/mol. The van der Waals surface area contributed by atoms with E-state index in [-0.39, 0.29) is 23.5 Å². The van der Waals surface area contributed by atoms with Crippen molar-refractivity contribution in [1.29, 1.82) is 0 Å². The van der Waals surface area contributed by atoms with Crippen LogP contribution in [0.25, 0.3) is 0 Å². The van der Waals surface area contributed by atoms with Crippen molar-refractivity contribution in [1.82, 2.24) is 5.32 Å². The zero-order chi connectivity index (χ0) is 29.5. The minimum absolute atomic E-state index is 0.0250. The normalized spacial score (nSPS) is 35.3. The third kappa shape index (κ3) is 5.32. The van der Waals surface area contributed by atoms with Crippen LogP contribution in [0.15, 0.2) is 11.6 Å². The van der Waals surface area contributed by atoms with Crippen molar-refractivity contribution in [2.75, 3.05) is 6.61 Å². The zero-order valence-corrected chi connectivity index (χ0v) is 23.1. The number of ether oxygens (including phenoxy) is 1. The number of aliphatic carboxylic acids is 2. The molecule has 0 aromatic rings. The van der Waals surface area contributed by atoms with Gasteiger partial charge in [0.25, 0.3) is 0 Å². The van der Waals surface area contributed by atoms with Crippen LogP contribution in [0.4, 0.5) is 0 Å². The van der Waals surface area contributed by atoms with Gasteiger partial charge >= 0.3 is 17.9 Å². The maximum Gasteiger partial charge on any atom is 0.326 e. The lowest BCUT2D eigenvalue weighted by atomic mass is 9.46. The average molecular weight is 562 g/mol. The molecule has 0 heterocycles. The van der Waals surface area contributed by atoms with Crippen molar-refractivity contribution < 1.29 is 48.8 Å². The summed E-state index contributed by atoms with van der Waals surface area (Å²) in [5.41, 5.74) is -1.07. The number of carbonyl (C=O) groups is 6. The van der Waals surface area contributed by atoms with Crippen molar-refractivity contribution in [2.45, 2.75) is 96.1 Å². The zero-order valence-electron chi connectivity index (χ0n) is 23.1. The van der Waals surface area contributed by atoms with Crippen LogP contribution < -0.4 is 5.32 Å². The molecule has 4 rings (SSSR count). The first-order chi connectivity index (χ1) is 18.7. The second-order valence-corrected chi connectivity index (χ2v) is 12.5. The van der Waals surface area contributed by atoms with Gasteiger partial charge in [-0.1, -0.05) is 19.4 Å². The van der Waals surface area contributed by atoms with Gasteiger partial charge in [0.15, 0.2) is 12.4 Å². The molecule has 0 bridgehead atoms. The summed E-state index contributed by atoms with van der Waals surface area (Å²) in [6.07, 6.45) is 5.85. The van der Waals surface area contributed by atoms with Crippen LogP contribution in [0.1, 0.15) is 84.5 Å². The number of allylic oxidation sites excluding steroid dienone is 1. The standard InChI is InChI=1S/C29H39NO10/c1-27-10-7-17(31)13-16(27)3-4-18-19(27)8-11-28(2)20(18)9-12-29(28,39)22(32)15-40-25(36)6-5-23(33)30-21(26(37)38)14-24(34)35/h13,18-21,39H,3-12,14-15H2,1-2H3,(H,30,33)(H,34,35)(H,37,38)/t18-,19+,20-,21-,27-,28-,29-/m0/s1. The predicted octanol–water partition coefficient (Wildman–Crippen LogP) is 2.19. The van der Waals surface area contributed by atoms with Gasteiger partial charge in [-0.05, 0) is 74.2 Å². The number of carbonyl (C=O) groups excluding carboxylic acids is 4. The molecule has 0 aliphatic heterocycles. The first kappa shape index (κ1) is 29.9. The Labute approximate surface area is 232 Å². The number of carboxylic acids is 2. The molecule has 0 spiro atoms. The van der Waals surface area contributed by atoms with Crippen LogP contribution >= 0.6 is 0 Å². The Morgan fingerprint density at radius 1 is 1.00 bits per heavy atom. The van der Waals surface area contributed by atoms with Gasteiger partial charge in [-0.15, -0.1) is 0 Å². The maximum absolute atomic E-state index is 13.3. The summed E-state index contributed by atoms with van der Waals surface area (Å²) in [7, 11) is 0. The molecule has 0 radical (unpaired) electrons. The first-order valence-electron chi connectivity index (χ1n) is 14.1. The van der Waals surface area contributed by atoms with E-state index >= 15 is 0 Å². The van der Waals surface area contributed by atoms with Crippen LogP contribution in [0.3, 0.4) is 0 Å². The Hall–Kier alpha value is -3.08. The molecule has 7 atom stereocenters. The van der Waals surface area contributed by atoms with Gasteiger partial charge in [0.05, 0.1) is 12.8 Å². The van der Waals surface area contributed by atoms with Gasteiger partial charge in [-0.2, -0.15) is 0 Å². The van der Waals surface area contributed by atoms with Gasteiger partial charge in [-0.25, -0.2) is 4.79 Å². The molecule has 220 valence electrons. The van der Waals surface area contributed by atoms with Gasteiger partial charge in [0, 0.05) is 18.3 Å². The van der Waals surface area contributed by atoms with E-state index in [0.717, 1.165) is 25.7 Å². The second kappa shape index (κ2) is 11.1. The summed E-state index contributed by atoms with van der Waals surface area (Å²) in [5.74, 6) is -4.08. The lowest BCUT2D eigenvalue weighted by Gasteiger charge is -2.58. The van der Waals surface area contributed by atoms with E-state index in [2.05, 4.69) is 6.92 Å². The Kier molecular flexibility index (Phi) is 8.27. The summed E-state index contributed by atoms with van der Waals surface area (Å²) in [5, 5.41) is 31.5. The molecule has 11 heteroatoms. The van der Waals surface area contributed by atoms with Crippen LogP contribution in [-0.4, -0.2) is 69.0 Å². The number of aliphatic hydroxyl groups is 1.